The van der Waals surface area contributed by atoms with Gasteiger partial charge in [-0.2, -0.15) is 0 Å². The summed E-state index contributed by atoms with van der Waals surface area (Å²) in [6.07, 6.45) is 46.6. The highest BCUT2D eigenvalue weighted by atomic mass is 14.9. The van der Waals surface area contributed by atoms with Crippen LogP contribution in [-0.2, 0) is 25.7 Å². The standard InChI is InChI=1S/C42H80N2/c1-5-9-12-15-18-21-24-27-30-33-36-39-40(37-34-31-28-25-22-19-16-13-10-6-2)43-42(8-4)44-41(39)38-35-32-29-26-23-20-17-14-11-7-3/h5-38H2,1-4H3. The minimum Gasteiger partial charge on any atom is -0.238 e. The Hall–Kier alpha value is -0.920. The summed E-state index contributed by atoms with van der Waals surface area (Å²) in [7, 11) is 0. The van der Waals surface area contributed by atoms with E-state index in [1.807, 2.05) is 0 Å². The lowest BCUT2D eigenvalue weighted by Crippen LogP contribution is -2.11. The maximum atomic E-state index is 5.18. The second-order valence-corrected chi connectivity index (χ2v) is 14.2. The number of unbranched alkanes of at least 4 members (excludes halogenated alkanes) is 27. The van der Waals surface area contributed by atoms with Gasteiger partial charge in [0.2, 0.25) is 0 Å². The molecule has 0 aliphatic carbocycles. The van der Waals surface area contributed by atoms with Gasteiger partial charge in [-0.3, -0.25) is 0 Å². The van der Waals surface area contributed by atoms with E-state index >= 15 is 0 Å². The Morgan fingerprint density at radius 1 is 0.295 bits per heavy atom. The minimum atomic E-state index is 0.967. The average Bonchev–Trinajstić information content (AvgIpc) is 3.04. The third-order valence-electron chi connectivity index (χ3n) is 9.86. The quantitative estimate of drug-likeness (QED) is 0.0723. The number of aromatic nitrogens is 2. The normalized spacial score (nSPS) is 11.5. The van der Waals surface area contributed by atoms with Crippen molar-refractivity contribution in [3.63, 3.8) is 0 Å². The molecule has 0 bridgehead atoms. The third-order valence-corrected chi connectivity index (χ3v) is 9.86. The molecule has 1 aromatic heterocycles. The zero-order valence-electron chi connectivity index (χ0n) is 30.9. The lowest BCUT2D eigenvalue weighted by Gasteiger charge is -2.16. The summed E-state index contributed by atoms with van der Waals surface area (Å²) in [5.74, 6) is 1.10. The first-order chi connectivity index (χ1) is 21.8. The molecule has 0 unspecified atom stereocenters. The number of hydrogen-bond donors (Lipinski definition) is 0. The Bertz CT molecular complexity index is 681. The molecule has 0 atom stereocenters. The maximum Gasteiger partial charge on any atom is 0.128 e. The zero-order chi connectivity index (χ0) is 31.8. The Balaban J connectivity index is 2.57. The van der Waals surface area contributed by atoms with E-state index in [-0.39, 0.29) is 0 Å². The summed E-state index contributed by atoms with van der Waals surface area (Å²) in [4.78, 5) is 10.4. The monoisotopic (exact) mass is 613 g/mol. The number of nitrogens with zero attached hydrogens (tertiary/aromatic N) is 2. The Morgan fingerprint density at radius 3 is 0.818 bits per heavy atom. The molecule has 0 N–H and O–H groups in total. The molecule has 1 rings (SSSR count). The van der Waals surface area contributed by atoms with Crippen molar-refractivity contribution in [2.75, 3.05) is 0 Å². The van der Waals surface area contributed by atoms with E-state index in [9.17, 15) is 0 Å². The average molecular weight is 613 g/mol. The molecule has 2 nitrogen and oxygen atoms in total. The van der Waals surface area contributed by atoms with E-state index in [0.29, 0.717) is 0 Å². The Labute approximate surface area is 278 Å². The molecule has 1 heterocycles. The molecule has 2 heteroatoms. The summed E-state index contributed by atoms with van der Waals surface area (Å²) >= 11 is 0. The molecule has 1 aromatic rings. The van der Waals surface area contributed by atoms with Gasteiger partial charge >= 0.3 is 0 Å². The largest absolute Gasteiger partial charge is 0.238 e. The smallest absolute Gasteiger partial charge is 0.128 e. The fourth-order valence-electron chi connectivity index (χ4n) is 6.85. The topological polar surface area (TPSA) is 25.8 Å². The van der Waals surface area contributed by atoms with Crippen LogP contribution in [0, 0.1) is 0 Å². The summed E-state index contributed by atoms with van der Waals surface area (Å²) in [5, 5.41) is 0. The summed E-state index contributed by atoms with van der Waals surface area (Å²) in [6, 6.07) is 0. The molecule has 44 heavy (non-hydrogen) atoms. The molecule has 0 saturated heterocycles. The first-order valence-electron chi connectivity index (χ1n) is 20.6. The van der Waals surface area contributed by atoms with Crippen molar-refractivity contribution < 1.29 is 0 Å². The molecule has 0 aliphatic rings. The second kappa shape index (κ2) is 32.0. The summed E-state index contributed by atoms with van der Waals surface area (Å²) in [5.41, 5.74) is 4.41. The van der Waals surface area contributed by atoms with Crippen LogP contribution in [0.4, 0.5) is 0 Å². The molecule has 0 saturated carbocycles. The van der Waals surface area contributed by atoms with E-state index in [0.717, 1.165) is 12.2 Å². The fourth-order valence-corrected chi connectivity index (χ4v) is 6.85. The predicted molar refractivity (Wildman–Crippen MR) is 198 cm³/mol. The van der Waals surface area contributed by atoms with Crippen molar-refractivity contribution in [1.29, 1.82) is 0 Å². The van der Waals surface area contributed by atoms with E-state index < -0.39 is 0 Å². The van der Waals surface area contributed by atoms with Gasteiger partial charge in [0.05, 0.1) is 0 Å². The highest BCUT2D eigenvalue weighted by Gasteiger charge is 2.14. The summed E-state index contributed by atoms with van der Waals surface area (Å²) < 4.78 is 0. The van der Waals surface area contributed by atoms with Crippen molar-refractivity contribution in [2.45, 2.75) is 246 Å². The minimum absolute atomic E-state index is 0.967. The van der Waals surface area contributed by atoms with Gasteiger partial charge in [0.1, 0.15) is 5.82 Å². The molecule has 0 radical (unpaired) electrons. The Kier molecular flexibility index (Phi) is 29.9. The number of hydrogen-bond acceptors (Lipinski definition) is 2. The molecule has 0 spiro atoms. The summed E-state index contributed by atoms with van der Waals surface area (Å²) in [6.45, 7) is 9.17. The third kappa shape index (κ3) is 23.4. The highest BCUT2D eigenvalue weighted by molar-refractivity contribution is 5.27. The lowest BCUT2D eigenvalue weighted by atomic mass is 9.96. The predicted octanol–water partition coefficient (Wildman–Crippen LogP) is 14.4. The lowest BCUT2D eigenvalue weighted by molar-refractivity contribution is 0.547. The first kappa shape index (κ1) is 41.1. The van der Waals surface area contributed by atoms with Crippen LogP contribution in [-0.4, -0.2) is 9.97 Å². The zero-order valence-corrected chi connectivity index (χ0v) is 30.9. The van der Waals surface area contributed by atoms with Gasteiger partial charge in [0.15, 0.2) is 0 Å². The second-order valence-electron chi connectivity index (χ2n) is 14.2. The van der Waals surface area contributed by atoms with Crippen molar-refractivity contribution in [2.24, 2.45) is 0 Å². The van der Waals surface area contributed by atoms with Crippen LogP contribution in [0.1, 0.15) is 243 Å². The molecule has 258 valence electrons. The van der Waals surface area contributed by atoms with Gasteiger partial charge in [0.25, 0.3) is 0 Å². The molecule has 0 fully saturated rings. The van der Waals surface area contributed by atoms with Gasteiger partial charge in [-0.1, -0.05) is 201 Å². The van der Waals surface area contributed by atoms with Gasteiger partial charge in [-0.15, -0.1) is 0 Å². The number of rotatable bonds is 34. The fraction of sp³-hybridized carbons (Fsp3) is 0.905. The first-order valence-corrected chi connectivity index (χ1v) is 20.6. The van der Waals surface area contributed by atoms with Gasteiger partial charge in [-0.25, -0.2) is 9.97 Å². The van der Waals surface area contributed by atoms with E-state index in [4.69, 9.17) is 9.97 Å². The van der Waals surface area contributed by atoms with Crippen molar-refractivity contribution in [1.82, 2.24) is 9.97 Å². The van der Waals surface area contributed by atoms with Crippen LogP contribution in [0.2, 0.25) is 0 Å². The molecular formula is C42H80N2. The number of aryl methyl sites for hydroxylation is 3. The van der Waals surface area contributed by atoms with Crippen LogP contribution < -0.4 is 0 Å². The van der Waals surface area contributed by atoms with Crippen LogP contribution in [0.3, 0.4) is 0 Å². The highest BCUT2D eigenvalue weighted by Crippen LogP contribution is 2.22. The molecule has 0 aromatic carbocycles. The van der Waals surface area contributed by atoms with E-state index in [1.165, 1.54) is 223 Å². The van der Waals surface area contributed by atoms with Crippen molar-refractivity contribution in [3.8, 4) is 0 Å². The van der Waals surface area contributed by atoms with Crippen LogP contribution >= 0.6 is 0 Å². The van der Waals surface area contributed by atoms with E-state index in [1.54, 1.807) is 5.56 Å². The van der Waals surface area contributed by atoms with Crippen LogP contribution in [0.25, 0.3) is 0 Å². The van der Waals surface area contributed by atoms with Gasteiger partial charge in [-0.05, 0) is 44.1 Å². The van der Waals surface area contributed by atoms with Crippen molar-refractivity contribution in [3.05, 3.63) is 22.8 Å². The van der Waals surface area contributed by atoms with E-state index in [2.05, 4.69) is 27.7 Å². The van der Waals surface area contributed by atoms with Gasteiger partial charge in [0, 0.05) is 17.8 Å². The molecule has 0 aliphatic heterocycles. The Morgan fingerprint density at radius 2 is 0.545 bits per heavy atom. The van der Waals surface area contributed by atoms with Crippen LogP contribution in [0.15, 0.2) is 0 Å². The molecular weight excluding hydrogens is 532 g/mol. The maximum absolute atomic E-state index is 5.18. The van der Waals surface area contributed by atoms with Crippen LogP contribution in [0.5, 0.6) is 0 Å². The SMILES string of the molecule is CCCCCCCCCCCCc1nc(CC)nc(CCCCCCCCCCCC)c1CCCCCCCCCCCC. The molecule has 0 amide bonds. The van der Waals surface area contributed by atoms with Crippen molar-refractivity contribution >= 4 is 0 Å². The van der Waals surface area contributed by atoms with Gasteiger partial charge < -0.3 is 0 Å².